The van der Waals surface area contributed by atoms with Gasteiger partial charge in [-0.2, -0.15) is 6.07 Å². The number of hydrogen-bond acceptors (Lipinski definition) is 4. The predicted octanol–water partition coefficient (Wildman–Crippen LogP) is 10.1. The van der Waals surface area contributed by atoms with Gasteiger partial charge in [-0.3, -0.25) is 32.4 Å². The van der Waals surface area contributed by atoms with E-state index in [0.717, 1.165) is 35.3 Å². The third kappa shape index (κ3) is 14.5. The van der Waals surface area contributed by atoms with E-state index < -0.39 is 29.2 Å². The zero-order chi connectivity index (χ0) is 36.2. The quantitative estimate of drug-likeness (QED) is 0.0985. The van der Waals surface area contributed by atoms with Crippen LogP contribution >= 0.6 is 0 Å². The Hall–Kier alpha value is -3.29. The van der Waals surface area contributed by atoms with Crippen LogP contribution in [-0.2, 0) is 80.0 Å². The second kappa shape index (κ2) is 24.9. The number of benzene rings is 2. The molecule has 0 spiro atoms. The van der Waals surface area contributed by atoms with E-state index in [1.54, 1.807) is 37.5 Å². The summed E-state index contributed by atoms with van der Waals surface area (Å²) in [6.45, 7) is 21.3. The molecule has 4 heterocycles. The van der Waals surface area contributed by atoms with E-state index in [9.17, 15) is 17.6 Å². The molecule has 0 atom stereocenters. The van der Waals surface area contributed by atoms with Gasteiger partial charge in [0.05, 0.1) is 24.3 Å². The van der Waals surface area contributed by atoms with Gasteiger partial charge in [-0.15, -0.1) is 63.7 Å². The topological polar surface area (TPSA) is 60.9 Å². The molecule has 0 aliphatic carbocycles. The van der Waals surface area contributed by atoms with Gasteiger partial charge < -0.3 is 22.0 Å². The largest absolute Gasteiger partial charge is 0.371 e. The summed E-state index contributed by atoms with van der Waals surface area (Å²) in [5, 5.41) is 0. The average molecular weight is 1150 g/mol. The number of nitrogens with zero attached hydrogens (tertiary/aromatic N) is 6. The molecule has 6 rings (SSSR count). The minimum atomic E-state index is -0.918. The Morgan fingerprint density at radius 3 is 1.77 bits per heavy atom. The summed E-state index contributed by atoms with van der Waals surface area (Å²) >= 11 is 0. The molecule has 0 fully saturated rings. The first kappa shape index (κ1) is 51.8. The molecule has 4 aromatic heterocycles. The van der Waals surface area contributed by atoms with Crippen LogP contribution in [0.25, 0.3) is 27.5 Å². The maximum absolute atomic E-state index is 13.8. The summed E-state index contributed by atoms with van der Waals surface area (Å²) in [4.78, 5) is 18.2. The molecule has 281 valence electrons. The second-order valence-electron chi connectivity index (χ2n) is 10.9. The van der Waals surface area contributed by atoms with E-state index in [1.165, 1.54) is 27.9 Å². The Kier molecular flexibility index (Phi) is 24.4. The minimum absolute atomic E-state index is 0. The Labute approximate surface area is 362 Å². The fourth-order valence-corrected chi connectivity index (χ4v) is 4.41. The van der Waals surface area contributed by atoms with Crippen LogP contribution in [-0.4, -0.2) is 24.5 Å². The van der Waals surface area contributed by atoms with Crippen molar-refractivity contribution in [2.24, 2.45) is 7.05 Å². The molecular weight excluding hydrogens is 1110 g/mol. The Morgan fingerprint density at radius 2 is 1.34 bits per heavy atom. The normalized spacial score (nSPS) is 9.26. The first-order chi connectivity index (χ1) is 23.3. The molecule has 0 amide bonds. The van der Waals surface area contributed by atoms with Crippen molar-refractivity contribution in [2.75, 3.05) is 0 Å². The van der Waals surface area contributed by atoms with Crippen molar-refractivity contribution in [1.29, 1.82) is 0 Å². The van der Waals surface area contributed by atoms with Gasteiger partial charge in [0.15, 0.2) is 5.69 Å². The van der Waals surface area contributed by atoms with Crippen molar-refractivity contribution in [3.63, 3.8) is 0 Å². The number of hydrogen-bond donors (Lipinski definition) is 0. The van der Waals surface area contributed by atoms with Crippen molar-refractivity contribution >= 4 is 5.69 Å². The number of pyridine rings is 3. The minimum Gasteiger partial charge on any atom is -0.371 e. The third-order valence-electron chi connectivity index (χ3n) is 7.65. The van der Waals surface area contributed by atoms with E-state index >= 15 is 0 Å². The van der Waals surface area contributed by atoms with Crippen LogP contribution in [0.5, 0.6) is 0 Å². The van der Waals surface area contributed by atoms with E-state index in [2.05, 4.69) is 96.1 Å². The van der Waals surface area contributed by atoms with Crippen LogP contribution in [0, 0.1) is 104 Å². The van der Waals surface area contributed by atoms with Crippen molar-refractivity contribution in [3.05, 3.63) is 167 Å². The van der Waals surface area contributed by atoms with Crippen molar-refractivity contribution < 1.29 is 90.5 Å². The Bertz CT molecular complexity index is 2040. The monoisotopic (exact) mass is 1150 g/mol. The molecule has 0 N–H and O–H groups in total. The fourth-order valence-electron chi connectivity index (χ4n) is 4.41. The van der Waals surface area contributed by atoms with Gasteiger partial charge in [-0.1, -0.05) is 45.9 Å². The summed E-state index contributed by atoms with van der Waals surface area (Å²) in [6, 6.07) is 21.8. The smallest absolute Gasteiger partial charge is 0.176 e. The zero-order valence-corrected chi connectivity index (χ0v) is 38.4. The molecule has 6 aromatic rings. The number of imidazole rings is 1. The zero-order valence-electron chi connectivity index (χ0n) is 30.8. The van der Waals surface area contributed by atoms with Crippen LogP contribution in [0.4, 0.5) is 23.2 Å². The van der Waals surface area contributed by atoms with Crippen LogP contribution in [0.3, 0.4) is 0 Å². The van der Waals surface area contributed by atoms with Gasteiger partial charge in [0.25, 0.3) is 0 Å². The number of aryl methyl sites for hydroxylation is 3. The van der Waals surface area contributed by atoms with Crippen LogP contribution in [0.1, 0.15) is 39.3 Å². The first-order valence-corrected chi connectivity index (χ1v) is 15.0. The maximum atomic E-state index is 13.8. The molecule has 0 bridgehead atoms. The Balaban J connectivity index is 0. The SMILES string of the molecule is Cc1[c-]c(-c2nc(C)c(C)n2C)c(C)c(C)c1C.Fc1c[c-]cc(F)n1.[C-]#[N+]c1c(F)c[c-]c(-c2cccc(C)n2)c1F.[CH3-].[Ir].[Ir].[Y].c1ccncc1. The van der Waals surface area contributed by atoms with E-state index in [1.807, 2.05) is 18.2 Å². The van der Waals surface area contributed by atoms with Gasteiger partial charge in [-0.25, -0.2) is 0 Å². The second-order valence-corrected chi connectivity index (χ2v) is 10.9. The molecule has 0 aliphatic rings. The first-order valence-electron chi connectivity index (χ1n) is 15.0. The van der Waals surface area contributed by atoms with Gasteiger partial charge in [0, 0.05) is 121 Å². The molecule has 3 radical (unpaired) electrons. The van der Waals surface area contributed by atoms with E-state index in [-0.39, 0.29) is 85.9 Å². The molecule has 6 nitrogen and oxygen atoms in total. The fraction of sp³-hybridized carbons (Fsp3) is 0.200. The summed E-state index contributed by atoms with van der Waals surface area (Å²) in [5.41, 5.74) is 9.06. The standard InChI is InChI=1S/C16H21N2.C13H7F2N2.C5H2F2N.C5H5N.CH3.2Ir.Y/c1-9-8-15(12(4)11(3)10(9)2)16-17-13(5)14(6)18(16)7;1-8-4-3-5-11(17-8)9-6-7-10(14)13(16-2)12(9)15;6-4-2-1-3-5(7)8-4;1-2-4-6-5-3-1;;;;/h1-7H3;3-5,7H,1H3;2-3H;1-5H;1H3;;;/q3*-1;;-1;;;. The van der Waals surface area contributed by atoms with E-state index in [0.29, 0.717) is 11.4 Å². The molecule has 53 heavy (non-hydrogen) atoms. The summed E-state index contributed by atoms with van der Waals surface area (Å²) in [7, 11) is 2.07. The van der Waals surface area contributed by atoms with E-state index in [4.69, 9.17) is 6.57 Å². The summed E-state index contributed by atoms with van der Waals surface area (Å²) in [6.07, 6.45) is 3.50. The molecule has 13 heteroatoms. The van der Waals surface area contributed by atoms with Crippen molar-refractivity contribution in [3.8, 4) is 22.6 Å². The number of rotatable bonds is 2. The molecule has 0 saturated heterocycles. The molecular formula is C40H38F4Ir2N6Y-4. The van der Waals surface area contributed by atoms with Gasteiger partial charge in [-0.05, 0) is 44.7 Å². The number of halogens is 4. The summed E-state index contributed by atoms with van der Waals surface area (Å²) < 4.78 is 52.7. The van der Waals surface area contributed by atoms with Crippen LogP contribution in [0.15, 0.2) is 67.0 Å². The number of aromatic nitrogens is 5. The molecule has 0 unspecified atom stereocenters. The van der Waals surface area contributed by atoms with Crippen molar-refractivity contribution in [1.82, 2.24) is 24.5 Å². The van der Waals surface area contributed by atoms with Gasteiger partial charge in [0.2, 0.25) is 0 Å². The molecule has 2 aromatic carbocycles. The predicted molar refractivity (Wildman–Crippen MR) is 189 cm³/mol. The average Bonchev–Trinajstić information content (AvgIpc) is 3.34. The van der Waals surface area contributed by atoms with Crippen LogP contribution in [0.2, 0.25) is 0 Å². The third-order valence-corrected chi connectivity index (χ3v) is 7.65. The van der Waals surface area contributed by atoms with Gasteiger partial charge >= 0.3 is 0 Å². The van der Waals surface area contributed by atoms with Crippen molar-refractivity contribution in [2.45, 2.75) is 48.5 Å². The maximum Gasteiger partial charge on any atom is 0.176 e. The van der Waals surface area contributed by atoms with Crippen LogP contribution < -0.4 is 0 Å². The Morgan fingerprint density at radius 1 is 0.736 bits per heavy atom. The summed E-state index contributed by atoms with van der Waals surface area (Å²) in [5.74, 6) is -2.49. The molecule has 0 aliphatic heterocycles. The molecule has 0 saturated carbocycles. The van der Waals surface area contributed by atoms with Gasteiger partial charge in [0.1, 0.15) is 0 Å².